The van der Waals surface area contributed by atoms with Crippen LogP contribution in [0.25, 0.3) is 33.5 Å². The van der Waals surface area contributed by atoms with Crippen LogP contribution >= 0.6 is 0 Å². The van der Waals surface area contributed by atoms with E-state index in [1.165, 1.54) is 17.5 Å². The van der Waals surface area contributed by atoms with Gasteiger partial charge in [0.15, 0.2) is 5.82 Å². The largest absolute Gasteiger partial charge is 0.395 e. The molecule has 1 aromatic carbocycles. The average Bonchev–Trinajstić information content (AvgIpc) is 3.58. The monoisotopic (exact) mass is 501 g/mol. The Kier molecular flexibility index (Phi) is 7.62. The second-order valence-electron chi connectivity index (χ2n) is 9.74. The quantitative estimate of drug-likeness (QED) is 0.273. The summed E-state index contributed by atoms with van der Waals surface area (Å²) in [6, 6.07) is 6.34. The topological polar surface area (TPSA) is 123 Å². The number of nitrogens with one attached hydrogen (secondary N) is 3. The molecule has 3 aromatic heterocycles. The normalized spacial score (nSPS) is 14.4. The van der Waals surface area contributed by atoms with Crippen molar-refractivity contribution in [2.45, 2.75) is 58.5 Å². The van der Waals surface area contributed by atoms with Crippen molar-refractivity contribution in [1.82, 2.24) is 35.4 Å². The van der Waals surface area contributed by atoms with Crippen LogP contribution in [-0.4, -0.2) is 66.8 Å². The SMILES string of the molecule is CCNCc1cncc(-c2ccc3[nH]nc(-c4ncc(C(=O)N(CCO)C5CCCCC5)[nH]4)c3c2)c1C. The molecule has 0 atom stereocenters. The molecule has 9 heteroatoms. The Morgan fingerprint density at radius 2 is 2.03 bits per heavy atom. The van der Waals surface area contributed by atoms with Gasteiger partial charge in [0.2, 0.25) is 0 Å². The molecule has 1 amide bonds. The van der Waals surface area contributed by atoms with Gasteiger partial charge < -0.3 is 20.3 Å². The predicted octanol–water partition coefficient (Wildman–Crippen LogP) is 4.20. The number of hydrogen-bond acceptors (Lipinski definition) is 6. The maximum atomic E-state index is 13.4. The van der Waals surface area contributed by atoms with Crippen molar-refractivity contribution in [3.05, 3.63) is 53.6 Å². The van der Waals surface area contributed by atoms with Crippen LogP contribution in [0.3, 0.4) is 0 Å². The Balaban J connectivity index is 1.45. The lowest BCUT2D eigenvalue weighted by molar-refractivity contribution is 0.0580. The molecule has 0 unspecified atom stereocenters. The van der Waals surface area contributed by atoms with Gasteiger partial charge >= 0.3 is 0 Å². The molecule has 4 N–H and O–H groups in total. The van der Waals surface area contributed by atoms with Crippen LogP contribution in [-0.2, 0) is 6.54 Å². The zero-order chi connectivity index (χ0) is 25.8. The molecular formula is C28H35N7O2. The summed E-state index contributed by atoms with van der Waals surface area (Å²) in [5.74, 6) is 0.412. The first-order valence-electron chi connectivity index (χ1n) is 13.2. The van der Waals surface area contributed by atoms with Crippen LogP contribution < -0.4 is 5.32 Å². The number of aromatic amines is 2. The fourth-order valence-corrected chi connectivity index (χ4v) is 5.31. The van der Waals surface area contributed by atoms with Crippen molar-refractivity contribution in [1.29, 1.82) is 0 Å². The fraction of sp³-hybridized carbons (Fsp3) is 0.429. The molecule has 4 aromatic rings. The lowest BCUT2D eigenvalue weighted by Gasteiger charge is -2.33. The van der Waals surface area contributed by atoms with Gasteiger partial charge in [-0.15, -0.1) is 0 Å². The summed E-state index contributed by atoms with van der Waals surface area (Å²) in [6.07, 6.45) is 10.8. The van der Waals surface area contributed by atoms with E-state index < -0.39 is 0 Å². The first kappa shape index (κ1) is 25.1. The minimum atomic E-state index is -0.126. The molecule has 0 aliphatic heterocycles. The summed E-state index contributed by atoms with van der Waals surface area (Å²) in [5, 5.41) is 21.5. The van der Waals surface area contributed by atoms with E-state index in [0.29, 0.717) is 23.8 Å². The van der Waals surface area contributed by atoms with Crippen LogP contribution in [0.2, 0.25) is 0 Å². The number of aromatic nitrogens is 5. The summed E-state index contributed by atoms with van der Waals surface area (Å²) < 4.78 is 0. The van der Waals surface area contributed by atoms with Gasteiger partial charge in [0.1, 0.15) is 11.4 Å². The van der Waals surface area contributed by atoms with E-state index in [4.69, 9.17) is 0 Å². The predicted molar refractivity (Wildman–Crippen MR) is 144 cm³/mol. The Labute approximate surface area is 216 Å². The first-order chi connectivity index (χ1) is 18.1. The van der Waals surface area contributed by atoms with E-state index in [9.17, 15) is 9.90 Å². The highest BCUT2D eigenvalue weighted by molar-refractivity contribution is 5.96. The number of carbonyl (C=O) groups excluding carboxylic acids is 1. The minimum absolute atomic E-state index is 0.0556. The van der Waals surface area contributed by atoms with Crippen LogP contribution in [0.4, 0.5) is 0 Å². The van der Waals surface area contributed by atoms with Crippen LogP contribution in [0.1, 0.15) is 60.6 Å². The van der Waals surface area contributed by atoms with E-state index in [0.717, 1.165) is 60.8 Å². The number of amides is 1. The summed E-state index contributed by atoms with van der Waals surface area (Å²) in [7, 11) is 0. The highest BCUT2D eigenvalue weighted by Crippen LogP contribution is 2.32. The number of pyridine rings is 1. The molecule has 1 aliphatic carbocycles. The second-order valence-corrected chi connectivity index (χ2v) is 9.74. The fourth-order valence-electron chi connectivity index (χ4n) is 5.31. The highest BCUT2D eigenvalue weighted by atomic mass is 16.3. The third-order valence-electron chi connectivity index (χ3n) is 7.41. The highest BCUT2D eigenvalue weighted by Gasteiger charge is 2.27. The van der Waals surface area contributed by atoms with Gasteiger partial charge in [-0.2, -0.15) is 5.10 Å². The molecule has 1 fully saturated rings. The van der Waals surface area contributed by atoms with Crippen molar-refractivity contribution >= 4 is 16.8 Å². The Bertz CT molecular complexity index is 1370. The third kappa shape index (κ3) is 5.14. The average molecular weight is 502 g/mol. The number of H-pyrrole nitrogens is 2. The number of aliphatic hydroxyl groups is 1. The summed E-state index contributed by atoms with van der Waals surface area (Å²) in [4.78, 5) is 27.4. The van der Waals surface area contributed by atoms with E-state index in [2.05, 4.69) is 56.4 Å². The number of benzene rings is 1. The standard InChI is InChI=1S/C28H35N7O2/c1-3-29-14-20-15-30-16-23(18(20)2)19-9-10-24-22(13-19)26(34-33-24)27-31-17-25(32-27)28(37)35(11-12-36)21-7-5-4-6-8-21/h9-10,13,15-17,21,29,36H,3-8,11-12,14H2,1-2H3,(H,31,32)(H,33,34). The van der Waals surface area contributed by atoms with Gasteiger partial charge in [-0.25, -0.2) is 4.98 Å². The summed E-state index contributed by atoms with van der Waals surface area (Å²) in [6.45, 7) is 6.17. The maximum Gasteiger partial charge on any atom is 0.272 e. The van der Waals surface area contributed by atoms with E-state index in [1.54, 1.807) is 11.1 Å². The van der Waals surface area contributed by atoms with Gasteiger partial charge in [-0.1, -0.05) is 32.3 Å². The maximum absolute atomic E-state index is 13.4. The molecule has 5 rings (SSSR count). The van der Waals surface area contributed by atoms with Gasteiger partial charge in [0.25, 0.3) is 5.91 Å². The lowest BCUT2D eigenvalue weighted by atomic mass is 9.94. The van der Waals surface area contributed by atoms with Crippen LogP contribution in [0, 0.1) is 6.92 Å². The second kappa shape index (κ2) is 11.2. The number of rotatable bonds is 9. The Morgan fingerprint density at radius 3 is 2.81 bits per heavy atom. The molecule has 1 saturated carbocycles. The Morgan fingerprint density at radius 1 is 1.19 bits per heavy atom. The smallest absolute Gasteiger partial charge is 0.272 e. The van der Waals surface area contributed by atoms with E-state index >= 15 is 0 Å². The van der Waals surface area contributed by atoms with Crippen molar-refractivity contribution in [2.75, 3.05) is 19.7 Å². The first-order valence-corrected chi connectivity index (χ1v) is 13.2. The lowest BCUT2D eigenvalue weighted by Crippen LogP contribution is -2.43. The number of imidazole rings is 1. The zero-order valence-corrected chi connectivity index (χ0v) is 21.5. The molecule has 9 nitrogen and oxygen atoms in total. The van der Waals surface area contributed by atoms with E-state index in [-0.39, 0.29) is 18.6 Å². The molecule has 0 spiro atoms. The van der Waals surface area contributed by atoms with Crippen molar-refractivity contribution in [3.8, 4) is 22.6 Å². The minimum Gasteiger partial charge on any atom is -0.395 e. The number of nitrogens with zero attached hydrogens (tertiary/aromatic N) is 4. The van der Waals surface area contributed by atoms with Crippen LogP contribution in [0.5, 0.6) is 0 Å². The molecule has 0 saturated heterocycles. The molecule has 1 aliphatic rings. The summed E-state index contributed by atoms with van der Waals surface area (Å²) >= 11 is 0. The van der Waals surface area contributed by atoms with Gasteiger partial charge in [-0.3, -0.25) is 14.9 Å². The van der Waals surface area contributed by atoms with Crippen molar-refractivity contribution in [2.24, 2.45) is 0 Å². The number of fused-ring (bicyclic) bond motifs is 1. The number of hydrogen-bond donors (Lipinski definition) is 4. The Hall–Kier alpha value is -3.56. The molecule has 194 valence electrons. The number of carbonyl (C=O) groups is 1. The number of aliphatic hydroxyl groups excluding tert-OH is 1. The van der Waals surface area contributed by atoms with Crippen LogP contribution in [0.15, 0.2) is 36.8 Å². The van der Waals surface area contributed by atoms with Gasteiger partial charge in [0, 0.05) is 42.5 Å². The molecule has 0 radical (unpaired) electrons. The zero-order valence-electron chi connectivity index (χ0n) is 21.5. The van der Waals surface area contributed by atoms with Crippen molar-refractivity contribution in [3.63, 3.8) is 0 Å². The molecule has 3 heterocycles. The van der Waals surface area contributed by atoms with Gasteiger partial charge in [-0.05, 0) is 55.1 Å². The van der Waals surface area contributed by atoms with Gasteiger partial charge in [0.05, 0.1) is 18.3 Å². The molecular weight excluding hydrogens is 466 g/mol. The third-order valence-corrected chi connectivity index (χ3v) is 7.41. The summed E-state index contributed by atoms with van der Waals surface area (Å²) in [5.41, 5.74) is 6.46. The van der Waals surface area contributed by atoms with Crippen molar-refractivity contribution < 1.29 is 9.90 Å². The molecule has 37 heavy (non-hydrogen) atoms. The van der Waals surface area contributed by atoms with E-state index in [1.807, 2.05) is 18.5 Å². The molecule has 0 bridgehead atoms.